The lowest BCUT2D eigenvalue weighted by Gasteiger charge is -2.41. The van der Waals surface area contributed by atoms with Crippen LogP contribution in [-0.2, 0) is 11.3 Å². The molecular formula is C39H53N5O5S. The largest absolute Gasteiger partial charge is 0.448 e. The van der Waals surface area contributed by atoms with Crippen molar-refractivity contribution in [2.45, 2.75) is 116 Å². The van der Waals surface area contributed by atoms with E-state index in [0.717, 1.165) is 66.3 Å². The summed E-state index contributed by atoms with van der Waals surface area (Å²) in [6.07, 6.45) is 8.17. The van der Waals surface area contributed by atoms with Gasteiger partial charge in [0.15, 0.2) is 11.5 Å². The quantitative estimate of drug-likeness (QED) is 0.235. The first-order valence-corrected chi connectivity index (χ1v) is 19.2. The summed E-state index contributed by atoms with van der Waals surface area (Å²) in [6, 6.07) is 8.93. The summed E-state index contributed by atoms with van der Waals surface area (Å²) in [6.45, 7) is 16.1. The Morgan fingerprint density at radius 2 is 1.78 bits per heavy atom. The Bertz CT molecular complexity index is 1760. The van der Waals surface area contributed by atoms with Gasteiger partial charge in [0.1, 0.15) is 5.82 Å². The number of aromatic nitrogens is 2. The van der Waals surface area contributed by atoms with E-state index in [1.165, 1.54) is 11.8 Å². The van der Waals surface area contributed by atoms with Crippen LogP contribution in [0.1, 0.15) is 87.5 Å². The van der Waals surface area contributed by atoms with Gasteiger partial charge in [-0.3, -0.25) is 9.59 Å². The number of pyridine rings is 2. The van der Waals surface area contributed by atoms with Crippen molar-refractivity contribution < 1.29 is 19.0 Å². The van der Waals surface area contributed by atoms with Gasteiger partial charge in [-0.2, -0.15) is 0 Å². The molecule has 3 atom stereocenters. The van der Waals surface area contributed by atoms with Gasteiger partial charge in [0, 0.05) is 89.2 Å². The molecule has 1 saturated heterocycles. The Kier molecular flexibility index (Phi) is 10.6. The normalized spacial score (nSPS) is 25.0. The van der Waals surface area contributed by atoms with Gasteiger partial charge in [0.05, 0.1) is 12.2 Å². The third-order valence-corrected chi connectivity index (χ3v) is 11.6. The molecule has 0 radical (unpaired) electrons. The second kappa shape index (κ2) is 14.6. The molecule has 0 spiro atoms. The molecule has 50 heavy (non-hydrogen) atoms. The van der Waals surface area contributed by atoms with Crippen LogP contribution in [0, 0.1) is 19.8 Å². The highest BCUT2D eigenvalue weighted by atomic mass is 32.2. The zero-order valence-electron chi connectivity index (χ0n) is 31.0. The van der Waals surface area contributed by atoms with E-state index in [4.69, 9.17) is 19.2 Å². The molecular weight excluding hydrogens is 651 g/mol. The van der Waals surface area contributed by atoms with Crippen LogP contribution in [0.5, 0.6) is 11.5 Å². The number of carbonyl (C=O) groups excluding carboxylic acids is 1. The molecule has 2 aromatic heterocycles. The highest BCUT2D eigenvalue weighted by Crippen LogP contribution is 2.53. The van der Waals surface area contributed by atoms with E-state index in [2.05, 4.69) is 54.8 Å². The molecule has 6 rings (SSSR count). The molecule has 1 amide bonds. The van der Waals surface area contributed by atoms with Crippen LogP contribution >= 0.6 is 11.8 Å². The lowest BCUT2D eigenvalue weighted by molar-refractivity contribution is -0.124. The molecule has 10 nitrogen and oxygen atoms in total. The fourth-order valence-corrected chi connectivity index (χ4v) is 8.53. The predicted molar refractivity (Wildman–Crippen MR) is 200 cm³/mol. The first-order valence-electron chi connectivity index (χ1n) is 18.0. The fraction of sp³-hybridized carbons (Fsp3) is 0.564. The number of H-pyrrole nitrogens is 1. The van der Waals surface area contributed by atoms with Crippen molar-refractivity contribution in [2.24, 2.45) is 5.92 Å². The highest BCUT2D eigenvalue weighted by Gasteiger charge is 2.48. The van der Waals surface area contributed by atoms with Gasteiger partial charge in [-0.05, 0) is 105 Å². The fourth-order valence-electron chi connectivity index (χ4n) is 7.83. The van der Waals surface area contributed by atoms with Crippen LogP contribution in [-0.4, -0.2) is 77.2 Å². The number of aromatic amines is 1. The molecule has 0 bridgehead atoms. The van der Waals surface area contributed by atoms with Crippen molar-refractivity contribution in [3.63, 3.8) is 0 Å². The number of carbonyl (C=O) groups is 1. The summed E-state index contributed by atoms with van der Waals surface area (Å²) in [5.74, 6) is 1.17. The van der Waals surface area contributed by atoms with Crippen molar-refractivity contribution in [3.05, 3.63) is 63.2 Å². The highest BCUT2D eigenvalue weighted by molar-refractivity contribution is 7.98. The van der Waals surface area contributed by atoms with Gasteiger partial charge in [-0.15, -0.1) is 11.8 Å². The van der Waals surface area contributed by atoms with Gasteiger partial charge in [-0.25, -0.2) is 4.98 Å². The monoisotopic (exact) mass is 703 g/mol. The molecule has 1 unspecified atom stereocenters. The van der Waals surface area contributed by atoms with E-state index in [9.17, 15) is 9.59 Å². The Hall–Kier alpha value is -3.54. The standard InChI is InChI=1S/C39H53N5O5S/c1-22(2)43(8)29-13-11-28(12-14-29)39(7)48-35-26(6)30(37(45)41-19-32-33(50-9)16-23(3)42-38(32)46)17-31(36(35)49-39)27-10-15-34(40-18-27)44-20-24(4)47-25(5)21-44/h10,15-18,22,24-25,28-29H,11-14,19-21H2,1-9H3,(H,41,45)(H,42,46)/t24-,25+,28?,29?,39?. The summed E-state index contributed by atoms with van der Waals surface area (Å²) in [5, 5.41) is 3.02. The van der Waals surface area contributed by atoms with Crippen molar-refractivity contribution in [1.82, 2.24) is 20.2 Å². The van der Waals surface area contributed by atoms with Crippen LogP contribution in [0.15, 0.2) is 40.2 Å². The Morgan fingerprint density at radius 3 is 2.40 bits per heavy atom. The van der Waals surface area contributed by atoms with E-state index in [1.807, 2.05) is 57.5 Å². The van der Waals surface area contributed by atoms with E-state index >= 15 is 0 Å². The van der Waals surface area contributed by atoms with Gasteiger partial charge in [-0.1, -0.05) is 0 Å². The smallest absolute Gasteiger partial charge is 0.254 e. The molecule has 4 heterocycles. The lowest BCUT2D eigenvalue weighted by atomic mass is 9.80. The number of rotatable bonds is 9. The second-order valence-electron chi connectivity index (χ2n) is 14.8. The summed E-state index contributed by atoms with van der Waals surface area (Å²) < 4.78 is 19.6. The number of fused-ring (bicyclic) bond motifs is 1. The van der Waals surface area contributed by atoms with E-state index in [0.29, 0.717) is 40.3 Å². The average Bonchev–Trinajstić information content (AvgIpc) is 3.46. The number of aryl methyl sites for hydroxylation is 1. The van der Waals surface area contributed by atoms with Crippen molar-refractivity contribution in [3.8, 4) is 22.6 Å². The molecule has 1 saturated carbocycles. The van der Waals surface area contributed by atoms with Gasteiger partial charge in [0.25, 0.3) is 17.3 Å². The number of amides is 1. The number of hydrogen-bond acceptors (Lipinski definition) is 9. The predicted octanol–water partition coefficient (Wildman–Crippen LogP) is 6.71. The Balaban J connectivity index is 1.32. The molecule has 3 aliphatic rings. The first kappa shape index (κ1) is 36.3. The van der Waals surface area contributed by atoms with Crippen molar-refractivity contribution in [1.29, 1.82) is 0 Å². The first-order chi connectivity index (χ1) is 23.8. The summed E-state index contributed by atoms with van der Waals surface area (Å²) in [5.41, 5.74) is 3.90. The van der Waals surface area contributed by atoms with Gasteiger partial charge >= 0.3 is 0 Å². The summed E-state index contributed by atoms with van der Waals surface area (Å²) in [4.78, 5) is 40.1. The number of nitrogens with one attached hydrogen (secondary N) is 2. The van der Waals surface area contributed by atoms with Crippen molar-refractivity contribution >= 4 is 23.5 Å². The van der Waals surface area contributed by atoms with E-state index in [1.54, 1.807) is 0 Å². The zero-order chi connectivity index (χ0) is 35.9. The molecule has 1 aromatic carbocycles. The summed E-state index contributed by atoms with van der Waals surface area (Å²) in [7, 11) is 2.22. The van der Waals surface area contributed by atoms with Crippen LogP contribution in [0.3, 0.4) is 0 Å². The van der Waals surface area contributed by atoms with Crippen LogP contribution in [0.4, 0.5) is 5.82 Å². The Labute approximate surface area is 300 Å². The minimum Gasteiger partial charge on any atom is -0.448 e. The van der Waals surface area contributed by atoms with E-state index in [-0.39, 0.29) is 36.1 Å². The maximum absolute atomic E-state index is 14.0. The number of ether oxygens (including phenoxy) is 3. The number of benzene rings is 1. The molecule has 2 fully saturated rings. The molecule has 3 aromatic rings. The molecule has 2 N–H and O–H groups in total. The van der Waals surface area contributed by atoms with Gasteiger partial charge < -0.3 is 34.3 Å². The minimum atomic E-state index is -0.867. The van der Waals surface area contributed by atoms with Gasteiger partial charge in [0.2, 0.25) is 0 Å². The zero-order valence-corrected chi connectivity index (χ0v) is 31.8. The number of hydrogen-bond donors (Lipinski definition) is 2. The minimum absolute atomic E-state index is 0.103. The molecule has 2 aliphatic heterocycles. The van der Waals surface area contributed by atoms with Crippen LogP contribution in [0.2, 0.25) is 0 Å². The summed E-state index contributed by atoms with van der Waals surface area (Å²) >= 11 is 1.49. The third kappa shape index (κ3) is 7.27. The number of morpholine rings is 1. The SMILES string of the molecule is CSc1cc(C)[nH]c(=O)c1CNC(=O)c1cc(-c2ccc(N3C[C@@H](C)O[C@@H](C)C3)nc2)c2c(c1C)OC(C)(C1CCC(N(C)C(C)C)CC1)O2. The maximum atomic E-state index is 14.0. The van der Waals surface area contributed by atoms with Crippen molar-refractivity contribution in [2.75, 3.05) is 31.3 Å². The third-order valence-electron chi connectivity index (χ3n) is 10.8. The second-order valence-corrected chi connectivity index (χ2v) is 15.7. The Morgan fingerprint density at radius 1 is 1.10 bits per heavy atom. The number of nitrogens with zero attached hydrogens (tertiary/aromatic N) is 3. The molecule has 1 aliphatic carbocycles. The number of thioether (sulfide) groups is 1. The van der Waals surface area contributed by atoms with Crippen LogP contribution < -0.4 is 25.2 Å². The van der Waals surface area contributed by atoms with E-state index < -0.39 is 5.79 Å². The lowest BCUT2D eigenvalue weighted by Crippen LogP contribution is -2.48. The number of anilines is 1. The average molecular weight is 704 g/mol. The molecule has 270 valence electrons. The molecule has 11 heteroatoms. The van der Waals surface area contributed by atoms with Crippen LogP contribution in [0.25, 0.3) is 11.1 Å². The topological polar surface area (TPSA) is 109 Å². The maximum Gasteiger partial charge on any atom is 0.254 e.